The first-order chi connectivity index (χ1) is 24.7. The molecule has 2 nitrogen and oxygen atoms in total. The Bertz CT molecular complexity index is 2400. The topological polar surface area (TPSA) is 12.5 Å². The quantitative estimate of drug-likeness (QED) is 0.176. The van der Waals surface area contributed by atoms with Gasteiger partial charge in [0.05, 0.1) is 7.11 Å². The zero-order valence-electron chi connectivity index (χ0n) is 29.9. The van der Waals surface area contributed by atoms with Gasteiger partial charge in [-0.3, -0.25) is 0 Å². The molecule has 0 atom stereocenters. The van der Waals surface area contributed by atoms with E-state index in [0.717, 1.165) is 17.1 Å². The number of anilines is 3. The van der Waals surface area contributed by atoms with Crippen LogP contribution in [0.15, 0.2) is 158 Å². The summed E-state index contributed by atoms with van der Waals surface area (Å²) in [5, 5.41) is 0. The summed E-state index contributed by atoms with van der Waals surface area (Å²) >= 11 is 0. The van der Waals surface area contributed by atoms with E-state index in [0.29, 0.717) is 0 Å². The highest BCUT2D eigenvalue weighted by molar-refractivity contribution is 5.89. The lowest BCUT2D eigenvalue weighted by Gasteiger charge is -2.28. The number of hydrogen-bond acceptors (Lipinski definition) is 2. The Balaban J connectivity index is 1.07. The Morgan fingerprint density at radius 1 is 0.373 bits per heavy atom. The maximum absolute atomic E-state index is 5.40. The van der Waals surface area contributed by atoms with Gasteiger partial charge in [0.15, 0.2) is 0 Å². The third-order valence-corrected chi connectivity index (χ3v) is 11.4. The van der Waals surface area contributed by atoms with Gasteiger partial charge in [-0.2, -0.15) is 0 Å². The highest BCUT2D eigenvalue weighted by Crippen LogP contribution is 2.53. The predicted molar refractivity (Wildman–Crippen MR) is 214 cm³/mol. The predicted octanol–water partition coefficient (Wildman–Crippen LogP) is 13.1. The molecule has 0 N–H and O–H groups in total. The summed E-state index contributed by atoms with van der Waals surface area (Å²) in [6.07, 6.45) is 0. The Hall–Kier alpha value is -5.86. The van der Waals surface area contributed by atoms with Gasteiger partial charge < -0.3 is 9.64 Å². The number of hydrogen-bond donors (Lipinski definition) is 0. The van der Waals surface area contributed by atoms with Crippen LogP contribution in [0.2, 0.25) is 0 Å². The second-order valence-electron chi connectivity index (χ2n) is 15.0. The van der Waals surface area contributed by atoms with Gasteiger partial charge in [-0.05, 0) is 133 Å². The lowest BCUT2D eigenvalue weighted by molar-refractivity contribution is 0.415. The van der Waals surface area contributed by atoms with Gasteiger partial charge in [0.1, 0.15) is 5.75 Å². The van der Waals surface area contributed by atoms with Crippen molar-refractivity contribution in [2.45, 2.75) is 38.5 Å². The molecule has 0 fully saturated rings. The van der Waals surface area contributed by atoms with Crippen molar-refractivity contribution in [3.05, 3.63) is 180 Å². The van der Waals surface area contributed by atoms with Gasteiger partial charge in [0.25, 0.3) is 0 Å². The average Bonchev–Trinajstić information content (AvgIpc) is 3.54. The molecule has 0 amide bonds. The van der Waals surface area contributed by atoms with E-state index in [-0.39, 0.29) is 10.8 Å². The van der Waals surface area contributed by atoms with Crippen LogP contribution >= 0.6 is 0 Å². The van der Waals surface area contributed by atoms with Crippen LogP contribution in [-0.4, -0.2) is 7.11 Å². The number of benzene rings is 7. The second-order valence-corrected chi connectivity index (χ2v) is 15.0. The van der Waals surface area contributed by atoms with E-state index in [1.807, 2.05) is 12.1 Å². The van der Waals surface area contributed by atoms with E-state index >= 15 is 0 Å². The van der Waals surface area contributed by atoms with Crippen molar-refractivity contribution in [2.75, 3.05) is 12.0 Å². The molecule has 2 aliphatic rings. The molecule has 0 saturated heterocycles. The minimum absolute atomic E-state index is 0.116. The summed E-state index contributed by atoms with van der Waals surface area (Å²) in [7, 11) is 1.71. The van der Waals surface area contributed by atoms with Crippen molar-refractivity contribution < 1.29 is 4.74 Å². The molecule has 0 bridgehead atoms. The van der Waals surface area contributed by atoms with Crippen LogP contribution in [0.25, 0.3) is 44.5 Å². The molecule has 2 aliphatic carbocycles. The van der Waals surface area contributed by atoms with Crippen molar-refractivity contribution in [3.63, 3.8) is 0 Å². The molecule has 7 aromatic rings. The largest absolute Gasteiger partial charge is 0.497 e. The third kappa shape index (κ3) is 4.93. The highest BCUT2D eigenvalue weighted by atomic mass is 16.5. The monoisotopic (exact) mass is 659 g/mol. The van der Waals surface area contributed by atoms with E-state index in [1.54, 1.807) is 7.11 Å². The number of nitrogens with zero attached hydrogens (tertiary/aromatic N) is 1. The number of ether oxygens (including phenoxy) is 1. The number of para-hydroxylation sites is 2. The Morgan fingerprint density at radius 2 is 0.745 bits per heavy atom. The highest BCUT2D eigenvalue weighted by Gasteiger charge is 2.38. The minimum Gasteiger partial charge on any atom is -0.497 e. The zero-order valence-corrected chi connectivity index (χ0v) is 29.9. The Morgan fingerprint density at radius 3 is 1.18 bits per heavy atom. The molecule has 0 aromatic heterocycles. The molecule has 9 rings (SSSR count). The molecular weight excluding hydrogens is 619 g/mol. The summed E-state index contributed by atoms with van der Waals surface area (Å²) in [5.41, 5.74) is 19.0. The molecule has 2 heteroatoms. The van der Waals surface area contributed by atoms with Gasteiger partial charge in [-0.1, -0.05) is 119 Å². The van der Waals surface area contributed by atoms with Crippen molar-refractivity contribution in [1.82, 2.24) is 0 Å². The standard InChI is InChI=1S/C49H41NO/c1-48(2)44-28-33(32-16-22-39(51-5)23-17-32)18-24-40(44)41-25-19-34(29-45(41)48)35-20-26-42-43-27-21-38(31-47(43)49(3,4)46(42)30-35)50(36-12-8-6-9-13-36)37-14-10-7-11-15-37/h6-31H,1-5H3. The molecule has 51 heavy (non-hydrogen) atoms. The van der Waals surface area contributed by atoms with Crippen molar-refractivity contribution in [2.24, 2.45) is 0 Å². The molecular formula is C49H41NO. The van der Waals surface area contributed by atoms with Gasteiger partial charge in [-0.15, -0.1) is 0 Å². The maximum Gasteiger partial charge on any atom is 0.118 e. The van der Waals surface area contributed by atoms with Crippen LogP contribution in [0.5, 0.6) is 5.75 Å². The number of rotatable bonds is 6. The summed E-state index contributed by atoms with van der Waals surface area (Å²) in [6, 6.07) is 57.8. The minimum atomic E-state index is -0.153. The van der Waals surface area contributed by atoms with Gasteiger partial charge in [0, 0.05) is 27.9 Å². The summed E-state index contributed by atoms with van der Waals surface area (Å²) in [4.78, 5) is 2.36. The Kier molecular flexibility index (Phi) is 7.09. The fourth-order valence-corrected chi connectivity index (χ4v) is 8.53. The lowest BCUT2D eigenvalue weighted by atomic mass is 9.80. The first kappa shape index (κ1) is 31.1. The van der Waals surface area contributed by atoms with Crippen molar-refractivity contribution in [3.8, 4) is 50.3 Å². The van der Waals surface area contributed by atoms with E-state index in [1.165, 1.54) is 72.4 Å². The molecule has 248 valence electrons. The van der Waals surface area contributed by atoms with Gasteiger partial charge in [-0.25, -0.2) is 0 Å². The smallest absolute Gasteiger partial charge is 0.118 e. The lowest BCUT2D eigenvalue weighted by Crippen LogP contribution is -2.16. The van der Waals surface area contributed by atoms with E-state index < -0.39 is 0 Å². The van der Waals surface area contributed by atoms with Crippen LogP contribution < -0.4 is 9.64 Å². The van der Waals surface area contributed by atoms with E-state index in [2.05, 4.69) is 178 Å². The van der Waals surface area contributed by atoms with Crippen molar-refractivity contribution in [1.29, 1.82) is 0 Å². The summed E-state index contributed by atoms with van der Waals surface area (Å²) in [5.74, 6) is 0.876. The van der Waals surface area contributed by atoms with Crippen LogP contribution in [0, 0.1) is 0 Å². The molecule has 0 spiro atoms. The van der Waals surface area contributed by atoms with Crippen LogP contribution in [-0.2, 0) is 10.8 Å². The molecule has 0 unspecified atom stereocenters. The van der Waals surface area contributed by atoms with E-state index in [4.69, 9.17) is 4.74 Å². The normalized spacial score (nSPS) is 14.3. The molecule has 0 heterocycles. The molecule has 0 radical (unpaired) electrons. The van der Waals surface area contributed by atoms with Crippen LogP contribution in [0.3, 0.4) is 0 Å². The van der Waals surface area contributed by atoms with Crippen molar-refractivity contribution >= 4 is 17.1 Å². The fourth-order valence-electron chi connectivity index (χ4n) is 8.53. The molecule has 0 aliphatic heterocycles. The average molecular weight is 660 g/mol. The third-order valence-electron chi connectivity index (χ3n) is 11.4. The Labute approximate surface area is 301 Å². The van der Waals surface area contributed by atoms with Gasteiger partial charge in [0.2, 0.25) is 0 Å². The summed E-state index contributed by atoms with van der Waals surface area (Å²) in [6.45, 7) is 9.49. The number of methoxy groups -OCH3 is 1. The van der Waals surface area contributed by atoms with Gasteiger partial charge >= 0.3 is 0 Å². The zero-order chi connectivity index (χ0) is 34.9. The van der Waals surface area contributed by atoms with Crippen LogP contribution in [0.1, 0.15) is 49.9 Å². The number of fused-ring (bicyclic) bond motifs is 6. The second kappa shape index (κ2) is 11.6. The van der Waals surface area contributed by atoms with Crippen LogP contribution in [0.4, 0.5) is 17.1 Å². The maximum atomic E-state index is 5.40. The first-order valence-corrected chi connectivity index (χ1v) is 17.9. The van der Waals surface area contributed by atoms with E-state index in [9.17, 15) is 0 Å². The fraction of sp³-hybridized carbons (Fsp3) is 0.143. The SMILES string of the molecule is COc1ccc(-c2ccc3c(c2)C(C)(C)c2cc(-c4ccc5c(c4)C(C)(C)c4cc(N(c6ccccc6)c6ccccc6)ccc4-5)ccc2-3)cc1. The molecule has 0 saturated carbocycles. The first-order valence-electron chi connectivity index (χ1n) is 17.9. The molecule has 7 aromatic carbocycles. The summed E-state index contributed by atoms with van der Waals surface area (Å²) < 4.78 is 5.40.